The van der Waals surface area contributed by atoms with Crippen molar-refractivity contribution in [2.45, 2.75) is 13.3 Å². The summed E-state index contributed by atoms with van der Waals surface area (Å²) in [6.45, 7) is 2.02. The highest BCUT2D eigenvalue weighted by Gasteiger charge is 2.14. The Morgan fingerprint density at radius 1 is 1.40 bits per heavy atom. The third-order valence-corrected chi connectivity index (χ3v) is 3.14. The average molecular weight is 271 g/mol. The number of carbonyl (C=O) groups is 1. The molecule has 0 saturated carbocycles. The van der Waals surface area contributed by atoms with E-state index in [1.807, 2.05) is 20.2 Å². The van der Waals surface area contributed by atoms with Gasteiger partial charge in [-0.3, -0.25) is 4.68 Å². The first kappa shape index (κ1) is 12.3. The summed E-state index contributed by atoms with van der Waals surface area (Å²) in [5.74, 6) is -0.975. The first-order valence-corrected chi connectivity index (χ1v) is 6.21. The van der Waals surface area contributed by atoms with E-state index in [2.05, 4.69) is 15.4 Å². The first-order chi connectivity index (χ1) is 9.60. The van der Waals surface area contributed by atoms with Crippen LogP contribution in [0.4, 0.5) is 0 Å². The van der Waals surface area contributed by atoms with Crippen molar-refractivity contribution in [2.75, 3.05) is 0 Å². The number of benzene rings is 1. The maximum Gasteiger partial charge on any atom is 0.335 e. The molecule has 3 aromatic rings. The van der Waals surface area contributed by atoms with Gasteiger partial charge in [-0.25, -0.2) is 9.48 Å². The highest BCUT2D eigenvalue weighted by atomic mass is 16.4. The molecule has 0 atom stereocenters. The van der Waals surface area contributed by atoms with Gasteiger partial charge in [0.15, 0.2) is 0 Å². The summed E-state index contributed by atoms with van der Waals surface area (Å²) >= 11 is 0. The smallest absolute Gasteiger partial charge is 0.335 e. The van der Waals surface area contributed by atoms with Crippen molar-refractivity contribution in [1.29, 1.82) is 0 Å². The fraction of sp³-hybridized carbons (Fsp3) is 0.231. The lowest BCUT2D eigenvalue weighted by molar-refractivity contribution is 0.0697. The molecule has 1 aromatic carbocycles. The van der Waals surface area contributed by atoms with Crippen LogP contribution in [-0.2, 0) is 13.5 Å². The largest absolute Gasteiger partial charge is 0.478 e. The van der Waals surface area contributed by atoms with Crippen LogP contribution in [0.5, 0.6) is 0 Å². The van der Waals surface area contributed by atoms with Gasteiger partial charge in [0.25, 0.3) is 0 Å². The Morgan fingerprint density at radius 2 is 2.20 bits per heavy atom. The van der Waals surface area contributed by atoms with E-state index in [9.17, 15) is 4.79 Å². The SMILES string of the molecule is CCc1nn(C)cc1-n1nnc2cc(C(=O)O)ccc21. The van der Waals surface area contributed by atoms with Gasteiger partial charge in [-0.15, -0.1) is 5.10 Å². The average Bonchev–Trinajstić information content (AvgIpc) is 3.00. The molecule has 0 saturated heterocycles. The van der Waals surface area contributed by atoms with E-state index in [-0.39, 0.29) is 5.56 Å². The van der Waals surface area contributed by atoms with Gasteiger partial charge in [-0.05, 0) is 24.6 Å². The molecular weight excluding hydrogens is 258 g/mol. The number of rotatable bonds is 3. The van der Waals surface area contributed by atoms with Crippen LogP contribution in [0.2, 0.25) is 0 Å². The predicted octanol–water partition coefficient (Wildman–Crippen LogP) is 1.41. The van der Waals surface area contributed by atoms with E-state index in [0.29, 0.717) is 5.52 Å². The van der Waals surface area contributed by atoms with Gasteiger partial charge in [0, 0.05) is 7.05 Å². The van der Waals surface area contributed by atoms with E-state index >= 15 is 0 Å². The number of carboxylic acids is 1. The van der Waals surface area contributed by atoms with Crippen molar-refractivity contribution in [1.82, 2.24) is 24.8 Å². The Balaban J connectivity index is 2.19. The van der Waals surface area contributed by atoms with Gasteiger partial charge < -0.3 is 5.11 Å². The molecule has 0 aliphatic heterocycles. The first-order valence-electron chi connectivity index (χ1n) is 6.21. The van der Waals surface area contributed by atoms with Crippen molar-refractivity contribution in [2.24, 2.45) is 7.05 Å². The van der Waals surface area contributed by atoms with Crippen LogP contribution in [0.1, 0.15) is 23.0 Å². The second-order valence-corrected chi connectivity index (χ2v) is 4.50. The molecule has 7 heteroatoms. The minimum Gasteiger partial charge on any atom is -0.478 e. The zero-order valence-electron chi connectivity index (χ0n) is 11.1. The molecule has 0 bridgehead atoms. The quantitative estimate of drug-likeness (QED) is 0.778. The third kappa shape index (κ3) is 1.83. The highest BCUT2D eigenvalue weighted by molar-refractivity contribution is 5.92. The van der Waals surface area contributed by atoms with E-state index < -0.39 is 5.97 Å². The van der Waals surface area contributed by atoms with Crippen molar-refractivity contribution in [3.8, 4) is 5.69 Å². The van der Waals surface area contributed by atoms with Gasteiger partial charge in [0.05, 0.1) is 23.0 Å². The lowest BCUT2D eigenvalue weighted by atomic mass is 10.2. The number of nitrogens with zero attached hydrogens (tertiary/aromatic N) is 5. The van der Waals surface area contributed by atoms with E-state index in [1.54, 1.807) is 21.5 Å². The minimum atomic E-state index is -0.975. The van der Waals surface area contributed by atoms with E-state index in [0.717, 1.165) is 23.3 Å². The molecule has 0 aliphatic carbocycles. The number of carboxylic acid groups (broad SMARTS) is 1. The molecule has 0 spiro atoms. The lowest BCUT2D eigenvalue weighted by Gasteiger charge is -2.01. The maximum atomic E-state index is 11.0. The Labute approximate surface area is 114 Å². The van der Waals surface area contributed by atoms with Gasteiger partial charge in [-0.2, -0.15) is 5.10 Å². The molecular formula is C13H13N5O2. The third-order valence-electron chi connectivity index (χ3n) is 3.14. The molecule has 0 aliphatic rings. The zero-order valence-corrected chi connectivity index (χ0v) is 11.1. The van der Waals surface area contributed by atoms with Gasteiger partial charge in [-0.1, -0.05) is 12.1 Å². The Hall–Kier alpha value is -2.70. The summed E-state index contributed by atoms with van der Waals surface area (Å²) in [6, 6.07) is 4.78. The molecule has 3 rings (SSSR count). The fourth-order valence-electron chi connectivity index (χ4n) is 2.19. The standard InChI is InChI=1S/C13H13N5O2/c1-3-9-12(7-17(2)15-9)18-11-5-4-8(13(19)20)6-10(11)14-16-18/h4-7H,3H2,1-2H3,(H,19,20). The number of fused-ring (bicyclic) bond motifs is 1. The topological polar surface area (TPSA) is 85.8 Å². The Bertz CT molecular complexity index is 802. The summed E-state index contributed by atoms with van der Waals surface area (Å²) in [7, 11) is 1.85. The molecule has 0 fully saturated rings. The van der Waals surface area contributed by atoms with Gasteiger partial charge in [0.2, 0.25) is 0 Å². The second-order valence-electron chi connectivity index (χ2n) is 4.50. The molecule has 0 amide bonds. The number of hydrogen-bond donors (Lipinski definition) is 1. The lowest BCUT2D eigenvalue weighted by Crippen LogP contribution is -1.99. The number of aromatic carboxylic acids is 1. The summed E-state index contributed by atoms with van der Waals surface area (Å²) in [4.78, 5) is 11.0. The molecule has 2 heterocycles. The van der Waals surface area contributed by atoms with Crippen LogP contribution in [0.15, 0.2) is 24.4 Å². The normalized spacial score (nSPS) is 11.1. The van der Waals surface area contributed by atoms with Crippen LogP contribution >= 0.6 is 0 Å². The number of aryl methyl sites for hydroxylation is 2. The van der Waals surface area contributed by atoms with Gasteiger partial charge >= 0.3 is 5.97 Å². The summed E-state index contributed by atoms with van der Waals surface area (Å²) in [5.41, 5.74) is 3.29. The van der Waals surface area contributed by atoms with Crippen molar-refractivity contribution in [3.05, 3.63) is 35.7 Å². The van der Waals surface area contributed by atoms with E-state index in [1.165, 1.54) is 6.07 Å². The van der Waals surface area contributed by atoms with Crippen LogP contribution in [0, 0.1) is 0 Å². The van der Waals surface area contributed by atoms with Crippen LogP contribution in [0.3, 0.4) is 0 Å². The Kier molecular flexibility index (Phi) is 2.74. The van der Waals surface area contributed by atoms with Gasteiger partial charge in [0.1, 0.15) is 11.2 Å². The van der Waals surface area contributed by atoms with Crippen molar-refractivity contribution in [3.63, 3.8) is 0 Å². The molecule has 102 valence electrons. The van der Waals surface area contributed by atoms with Crippen LogP contribution in [-0.4, -0.2) is 35.9 Å². The van der Waals surface area contributed by atoms with E-state index in [4.69, 9.17) is 5.11 Å². The molecule has 1 N–H and O–H groups in total. The number of hydrogen-bond acceptors (Lipinski definition) is 4. The van der Waals surface area contributed by atoms with Crippen molar-refractivity contribution >= 4 is 17.0 Å². The molecule has 7 nitrogen and oxygen atoms in total. The fourth-order valence-corrected chi connectivity index (χ4v) is 2.19. The summed E-state index contributed by atoms with van der Waals surface area (Å²) < 4.78 is 3.42. The summed E-state index contributed by atoms with van der Waals surface area (Å²) in [6.07, 6.45) is 2.66. The summed E-state index contributed by atoms with van der Waals surface area (Å²) in [5, 5.41) is 21.5. The molecule has 0 unspecified atom stereocenters. The predicted molar refractivity (Wildman–Crippen MR) is 72.0 cm³/mol. The van der Waals surface area contributed by atoms with Crippen LogP contribution in [0.25, 0.3) is 16.7 Å². The Morgan fingerprint density at radius 3 is 2.90 bits per heavy atom. The van der Waals surface area contributed by atoms with Crippen LogP contribution < -0.4 is 0 Å². The minimum absolute atomic E-state index is 0.200. The number of aromatic nitrogens is 5. The zero-order chi connectivity index (χ0) is 14.3. The molecule has 2 aromatic heterocycles. The second kappa shape index (κ2) is 4.44. The maximum absolute atomic E-state index is 11.0. The molecule has 0 radical (unpaired) electrons. The van der Waals surface area contributed by atoms with Crippen molar-refractivity contribution < 1.29 is 9.90 Å². The molecule has 20 heavy (non-hydrogen) atoms. The highest BCUT2D eigenvalue weighted by Crippen LogP contribution is 2.20. The monoisotopic (exact) mass is 271 g/mol.